The maximum Gasteiger partial charge on any atom is 0.258 e. The smallest absolute Gasteiger partial charge is 0.258 e. The number of fused-ring (bicyclic) bond motifs is 1. The summed E-state index contributed by atoms with van der Waals surface area (Å²) in [6.45, 7) is 7.98. The minimum Gasteiger partial charge on any atom is -0.495 e. The zero-order valence-electron chi connectivity index (χ0n) is 29.2. The molecular weight excluding hydrogens is 679 g/mol. The number of imidazole rings is 1. The molecule has 0 radical (unpaired) electrons. The van der Waals surface area contributed by atoms with Crippen LogP contribution in [0.2, 0.25) is 0 Å². The third-order valence-electron chi connectivity index (χ3n) is 8.69. The number of rotatable bonds is 13. The van der Waals surface area contributed by atoms with Crippen molar-refractivity contribution < 1.29 is 23.9 Å². The minimum absolute atomic E-state index is 0. The van der Waals surface area contributed by atoms with Gasteiger partial charge >= 0.3 is 0 Å². The average Bonchev–Trinajstić information content (AvgIpc) is 3.54. The zero-order valence-corrected chi connectivity index (χ0v) is 30.8. The second-order valence-electron chi connectivity index (χ2n) is 12.1. The Morgan fingerprint density at radius 2 is 1.78 bits per heavy atom. The number of amides is 2. The highest BCUT2D eigenvalue weighted by Crippen LogP contribution is 2.32. The molecule has 2 N–H and O–H groups in total. The molecule has 0 atom stereocenters. The van der Waals surface area contributed by atoms with Crippen molar-refractivity contribution in [3.63, 3.8) is 0 Å². The largest absolute Gasteiger partial charge is 0.495 e. The van der Waals surface area contributed by atoms with Crippen LogP contribution in [0.4, 0.5) is 11.4 Å². The normalized spacial score (nSPS) is 12.7. The second-order valence-corrected chi connectivity index (χ2v) is 12.1. The number of halogens is 2. The number of unbranched alkanes of at least 4 members (excludes halogenated alkanes) is 1. The van der Waals surface area contributed by atoms with Crippen molar-refractivity contribution in [2.24, 2.45) is 0 Å². The molecular formula is C37H46Cl2N6O5. The van der Waals surface area contributed by atoms with E-state index in [0.717, 1.165) is 68.0 Å². The molecule has 50 heavy (non-hydrogen) atoms. The molecule has 2 heterocycles. The van der Waals surface area contributed by atoms with Crippen LogP contribution in [-0.2, 0) is 11.2 Å². The number of benzene rings is 3. The van der Waals surface area contributed by atoms with Gasteiger partial charge in [0.05, 0.1) is 41.9 Å². The molecule has 0 aliphatic carbocycles. The number of nitrogens with zero attached hydrogens (tertiary/aromatic N) is 4. The van der Waals surface area contributed by atoms with Crippen LogP contribution in [0.5, 0.6) is 11.5 Å². The molecule has 0 bridgehead atoms. The number of carbonyl (C=O) groups is 2. The van der Waals surface area contributed by atoms with E-state index in [1.54, 1.807) is 36.2 Å². The van der Waals surface area contributed by atoms with Crippen LogP contribution in [0.1, 0.15) is 58.3 Å². The van der Waals surface area contributed by atoms with E-state index in [0.29, 0.717) is 52.5 Å². The number of aromatic nitrogens is 2. The Kier molecular flexibility index (Phi) is 14.7. The van der Waals surface area contributed by atoms with E-state index in [9.17, 15) is 14.4 Å². The number of hydrogen-bond acceptors (Lipinski definition) is 8. The summed E-state index contributed by atoms with van der Waals surface area (Å²) in [4.78, 5) is 52.3. The minimum atomic E-state index is -0.330. The van der Waals surface area contributed by atoms with Crippen LogP contribution >= 0.6 is 24.8 Å². The monoisotopic (exact) mass is 724 g/mol. The maximum absolute atomic E-state index is 13.7. The van der Waals surface area contributed by atoms with Gasteiger partial charge in [-0.1, -0.05) is 19.1 Å². The van der Waals surface area contributed by atoms with Gasteiger partial charge in [-0.15, -0.1) is 24.8 Å². The molecule has 1 fully saturated rings. The number of piperazine rings is 1. The number of aromatic amines is 1. The lowest BCUT2D eigenvalue weighted by molar-refractivity contribution is 0.0990. The quantitative estimate of drug-likeness (QED) is 0.121. The number of ether oxygens (including phenoxy) is 2. The third-order valence-corrected chi connectivity index (χ3v) is 8.69. The summed E-state index contributed by atoms with van der Waals surface area (Å²) < 4.78 is 11.8. The standard InChI is InChI=1S/C37H44N6O5.2ClH/c1-6-34-38-30-12-9-11-28(35(30)40-34)36(45)39-29-15-14-26(23-32(29)47-5)37(46)42(4)31-16-13-25(2)22-33(31)48-21-8-7-10-27(24-44)43-19-17-41(3)18-20-43;;/h9,11-16,22-23H,6-8,10,17-21H2,1-5H3,(H,38,40)(H,39,45);2*1H. The van der Waals surface area contributed by atoms with Gasteiger partial charge in [-0.3, -0.25) is 9.59 Å². The summed E-state index contributed by atoms with van der Waals surface area (Å²) in [5, 5.41) is 2.91. The molecule has 11 nitrogen and oxygen atoms in total. The van der Waals surface area contributed by atoms with Gasteiger partial charge in [0.2, 0.25) is 0 Å². The van der Waals surface area contributed by atoms with Gasteiger partial charge in [0.25, 0.3) is 11.8 Å². The van der Waals surface area contributed by atoms with Crippen molar-refractivity contribution >= 4 is 65.0 Å². The van der Waals surface area contributed by atoms with Gasteiger partial charge in [0.15, 0.2) is 0 Å². The van der Waals surface area contributed by atoms with Crippen molar-refractivity contribution in [1.29, 1.82) is 0 Å². The fourth-order valence-electron chi connectivity index (χ4n) is 5.79. The first kappa shape index (κ1) is 39.9. The Labute approximate surface area is 305 Å². The van der Waals surface area contributed by atoms with Crippen LogP contribution in [0.3, 0.4) is 0 Å². The maximum atomic E-state index is 13.7. The van der Waals surface area contributed by atoms with Crippen molar-refractivity contribution in [3.05, 3.63) is 82.8 Å². The van der Waals surface area contributed by atoms with Crippen LogP contribution in [0, 0.1) is 6.92 Å². The number of methoxy groups -OCH3 is 1. The SMILES string of the molecule is CCc1nc2c(C(=O)Nc3ccc(C(=O)N(C)c4ccc(C)cc4OCCCCC(=C=O)N4CCN(C)CC4)cc3OC)cccc2[nH]1.Cl.Cl. The number of aryl methyl sites for hydroxylation is 2. The summed E-state index contributed by atoms with van der Waals surface area (Å²) in [5.74, 6) is 3.32. The molecule has 1 aromatic heterocycles. The van der Waals surface area contributed by atoms with Gasteiger partial charge in [0, 0.05) is 45.2 Å². The van der Waals surface area contributed by atoms with Crippen LogP contribution in [-0.4, -0.2) is 91.5 Å². The average molecular weight is 726 g/mol. The highest BCUT2D eigenvalue weighted by atomic mass is 35.5. The molecule has 1 saturated heterocycles. The number of carbonyl (C=O) groups excluding carboxylic acids is 3. The molecule has 0 saturated carbocycles. The molecule has 2 amide bonds. The van der Waals surface area contributed by atoms with E-state index in [4.69, 9.17) is 9.47 Å². The Morgan fingerprint density at radius 3 is 2.48 bits per heavy atom. The first-order valence-corrected chi connectivity index (χ1v) is 16.4. The van der Waals surface area contributed by atoms with Crippen LogP contribution in [0.15, 0.2) is 60.3 Å². The van der Waals surface area contributed by atoms with Gasteiger partial charge in [-0.2, -0.15) is 0 Å². The lowest BCUT2D eigenvalue weighted by Gasteiger charge is -2.34. The molecule has 0 spiro atoms. The molecule has 1 aliphatic rings. The number of anilines is 2. The molecule has 5 rings (SSSR count). The Balaban J connectivity index is 0.00000338. The van der Waals surface area contributed by atoms with Crippen molar-refractivity contribution in [3.8, 4) is 11.5 Å². The van der Waals surface area contributed by atoms with Crippen molar-refractivity contribution in [2.45, 2.75) is 39.5 Å². The van der Waals surface area contributed by atoms with E-state index in [1.165, 1.54) is 7.11 Å². The molecule has 0 unspecified atom stereocenters. The molecule has 268 valence electrons. The van der Waals surface area contributed by atoms with Gasteiger partial charge in [-0.05, 0) is 81.3 Å². The molecule has 3 aromatic carbocycles. The lowest BCUT2D eigenvalue weighted by atomic mass is 10.1. The predicted molar refractivity (Wildman–Crippen MR) is 202 cm³/mol. The highest BCUT2D eigenvalue weighted by molar-refractivity contribution is 6.12. The fraction of sp³-hybridized carbons (Fsp3) is 0.378. The second kappa shape index (κ2) is 18.5. The summed E-state index contributed by atoms with van der Waals surface area (Å²) in [6, 6.07) is 16.1. The number of H-pyrrole nitrogens is 1. The van der Waals surface area contributed by atoms with Crippen LogP contribution in [0.25, 0.3) is 11.0 Å². The number of allylic oxidation sites excluding steroid dienone is 1. The molecule has 1 aliphatic heterocycles. The number of hydrogen-bond donors (Lipinski definition) is 2. The van der Waals surface area contributed by atoms with E-state index in [-0.39, 0.29) is 36.6 Å². The lowest BCUT2D eigenvalue weighted by Crippen LogP contribution is -2.44. The molecule has 4 aromatic rings. The van der Waals surface area contributed by atoms with Crippen molar-refractivity contribution in [2.75, 3.05) is 64.2 Å². The van der Waals surface area contributed by atoms with Gasteiger partial charge in [0.1, 0.15) is 28.8 Å². The number of likely N-dealkylation sites (N-methyl/N-ethyl adjacent to an activating group) is 1. The highest BCUT2D eigenvalue weighted by Gasteiger charge is 2.21. The summed E-state index contributed by atoms with van der Waals surface area (Å²) in [6.07, 6.45) is 2.93. The summed E-state index contributed by atoms with van der Waals surface area (Å²) in [5.41, 5.74) is 5.02. The van der Waals surface area contributed by atoms with E-state index < -0.39 is 0 Å². The zero-order chi connectivity index (χ0) is 34.2. The van der Waals surface area contributed by atoms with Gasteiger partial charge < -0.3 is 34.5 Å². The third kappa shape index (κ3) is 9.37. The Morgan fingerprint density at radius 1 is 1.02 bits per heavy atom. The van der Waals surface area contributed by atoms with Crippen molar-refractivity contribution in [1.82, 2.24) is 19.8 Å². The predicted octanol–water partition coefficient (Wildman–Crippen LogP) is 6.33. The number of nitrogens with one attached hydrogen (secondary N) is 2. The van der Waals surface area contributed by atoms with E-state index in [1.807, 2.05) is 44.2 Å². The first-order valence-electron chi connectivity index (χ1n) is 16.4. The summed E-state index contributed by atoms with van der Waals surface area (Å²) >= 11 is 0. The Hall–Kier alpha value is -4.54. The fourth-order valence-corrected chi connectivity index (χ4v) is 5.79. The van der Waals surface area contributed by atoms with E-state index >= 15 is 0 Å². The summed E-state index contributed by atoms with van der Waals surface area (Å²) in [7, 11) is 5.29. The topological polar surface area (TPSA) is 120 Å². The Bertz CT molecular complexity index is 1830. The van der Waals surface area contributed by atoms with E-state index in [2.05, 4.69) is 38.1 Å². The first-order chi connectivity index (χ1) is 23.2. The van der Waals surface area contributed by atoms with Crippen LogP contribution < -0.4 is 19.7 Å². The number of para-hydroxylation sites is 1. The molecule has 13 heteroatoms. The van der Waals surface area contributed by atoms with Gasteiger partial charge in [-0.25, -0.2) is 9.78 Å².